The topological polar surface area (TPSA) is 73.9 Å². The van der Waals surface area contributed by atoms with Gasteiger partial charge in [0.15, 0.2) is 5.16 Å². The Morgan fingerprint density at radius 2 is 2.30 bits per heavy atom. The van der Waals surface area contributed by atoms with E-state index in [0.29, 0.717) is 16.5 Å². The highest BCUT2D eigenvalue weighted by molar-refractivity contribution is 7.98. The number of hydrogen-bond donors (Lipinski definition) is 1. The highest BCUT2D eigenvalue weighted by Gasteiger charge is 2.11. The number of thioether (sulfide) groups is 1. The largest absolute Gasteiger partial charge is 0.322 e. The summed E-state index contributed by atoms with van der Waals surface area (Å²) in [6, 6.07) is 9.59. The van der Waals surface area contributed by atoms with E-state index < -0.39 is 0 Å². The Morgan fingerprint density at radius 3 is 3.09 bits per heavy atom. The summed E-state index contributed by atoms with van der Waals surface area (Å²) >= 11 is 1.44. The van der Waals surface area contributed by atoms with Crippen LogP contribution in [0.4, 0.5) is 0 Å². The van der Waals surface area contributed by atoms with Crippen LogP contribution in [0.15, 0.2) is 46.6 Å². The minimum Gasteiger partial charge on any atom is -0.322 e. The third kappa shape index (κ3) is 3.30. The van der Waals surface area contributed by atoms with Crippen molar-refractivity contribution in [3.8, 4) is 6.07 Å². The van der Waals surface area contributed by atoms with Crippen LogP contribution in [-0.4, -0.2) is 14.4 Å². The van der Waals surface area contributed by atoms with Gasteiger partial charge in [0.25, 0.3) is 5.56 Å². The molecule has 23 heavy (non-hydrogen) atoms. The number of nitrogens with zero attached hydrogens (tertiary/aromatic N) is 3. The van der Waals surface area contributed by atoms with Gasteiger partial charge in [-0.2, -0.15) is 5.26 Å². The molecule has 0 aliphatic carbocycles. The van der Waals surface area contributed by atoms with Gasteiger partial charge < -0.3 is 9.38 Å². The molecule has 0 saturated heterocycles. The van der Waals surface area contributed by atoms with Gasteiger partial charge in [0, 0.05) is 29.9 Å². The normalized spacial score (nSPS) is 10.8. The molecule has 0 spiro atoms. The molecule has 1 N–H and O–H groups in total. The Hall–Kier alpha value is -2.52. The second-order valence-electron chi connectivity index (χ2n) is 5.21. The first kappa shape index (κ1) is 15.4. The van der Waals surface area contributed by atoms with Gasteiger partial charge in [-0.25, -0.2) is 4.98 Å². The van der Waals surface area contributed by atoms with Crippen LogP contribution < -0.4 is 5.56 Å². The highest BCUT2D eigenvalue weighted by atomic mass is 32.2. The molecule has 0 aliphatic rings. The second kappa shape index (κ2) is 6.71. The van der Waals surface area contributed by atoms with Gasteiger partial charge in [0.05, 0.1) is 11.1 Å². The monoisotopic (exact) mass is 324 g/mol. The molecule has 0 aromatic carbocycles. The number of hydrogen-bond acceptors (Lipinski definition) is 4. The van der Waals surface area contributed by atoms with Crippen LogP contribution in [0, 0.1) is 11.3 Å². The fourth-order valence-corrected chi connectivity index (χ4v) is 3.36. The molecule has 5 nitrogen and oxygen atoms in total. The first-order valence-corrected chi connectivity index (χ1v) is 8.41. The number of fused-ring (bicyclic) bond motifs is 1. The van der Waals surface area contributed by atoms with E-state index in [0.717, 1.165) is 29.6 Å². The van der Waals surface area contributed by atoms with Gasteiger partial charge in [-0.05, 0) is 24.1 Å². The van der Waals surface area contributed by atoms with Crippen molar-refractivity contribution in [2.75, 3.05) is 0 Å². The molecule has 116 valence electrons. The maximum absolute atomic E-state index is 11.7. The van der Waals surface area contributed by atoms with E-state index in [-0.39, 0.29) is 5.56 Å². The van der Waals surface area contributed by atoms with Crippen LogP contribution in [0.1, 0.15) is 30.2 Å². The molecule has 0 atom stereocenters. The quantitative estimate of drug-likeness (QED) is 0.578. The highest BCUT2D eigenvalue weighted by Crippen LogP contribution is 2.25. The van der Waals surface area contributed by atoms with Crippen LogP contribution in [0.5, 0.6) is 0 Å². The predicted octanol–water partition coefficient (Wildman–Crippen LogP) is 3.14. The number of nitriles is 1. The molecule has 0 bridgehead atoms. The van der Waals surface area contributed by atoms with Crippen LogP contribution in [0.25, 0.3) is 5.52 Å². The zero-order chi connectivity index (χ0) is 16.2. The maximum atomic E-state index is 11.7. The van der Waals surface area contributed by atoms with Crippen LogP contribution >= 0.6 is 11.8 Å². The van der Waals surface area contributed by atoms with Crippen LogP contribution in [0.2, 0.25) is 0 Å². The number of aryl methyl sites for hydroxylation is 1. The molecule has 3 aromatic heterocycles. The van der Waals surface area contributed by atoms with E-state index in [4.69, 9.17) is 0 Å². The van der Waals surface area contributed by atoms with Crippen molar-refractivity contribution < 1.29 is 0 Å². The molecule has 0 amide bonds. The van der Waals surface area contributed by atoms with Gasteiger partial charge in [0.1, 0.15) is 6.07 Å². The SMILES string of the molecule is CCCc1cc(=O)[nH]c(SCc2cn3ccccc3c2C#N)n1. The van der Waals surface area contributed by atoms with Gasteiger partial charge in [-0.1, -0.05) is 31.2 Å². The molecule has 6 heteroatoms. The number of H-pyrrole nitrogens is 1. The summed E-state index contributed by atoms with van der Waals surface area (Å²) in [7, 11) is 0. The van der Waals surface area contributed by atoms with Crippen molar-refractivity contribution in [2.45, 2.75) is 30.7 Å². The fraction of sp³-hybridized carbons (Fsp3) is 0.235. The van der Waals surface area contributed by atoms with E-state index in [1.807, 2.05) is 35.0 Å². The van der Waals surface area contributed by atoms with E-state index >= 15 is 0 Å². The molecular weight excluding hydrogens is 308 g/mol. The van der Waals surface area contributed by atoms with Crippen molar-refractivity contribution in [3.63, 3.8) is 0 Å². The third-order valence-electron chi connectivity index (χ3n) is 3.52. The lowest BCUT2D eigenvalue weighted by Crippen LogP contribution is -2.09. The van der Waals surface area contributed by atoms with Crippen molar-refractivity contribution in [2.24, 2.45) is 0 Å². The Bertz CT molecular complexity index is 936. The lowest BCUT2D eigenvalue weighted by atomic mass is 10.2. The second-order valence-corrected chi connectivity index (χ2v) is 6.18. The number of aromatic nitrogens is 3. The summed E-state index contributed by atoms with van der Waals surface area (Å²) in [5.41, 5.74) is 3.18. The zero-order valence-electron chi connectivity index (χ0n) is 12.7. The summed E-state index contributed by atoms with van der Waals surface area (Å²) in [4.78, 5) is 18.9. The van der Waals surface area contributed by atoms with Gasteiger partial charge in [0.2, 0.25) is 0 Å². The minimum atomic E-state index is -0.131. The molecule has 0 radical (unpaired) electrons. The van der Waals surface area contributed by atoms with Crippen molar-refractivity contribution in [1.82, 2.24) is 14.4 Å². The Labute approximate surface area is 138 Å². The average molecular weight is 324 g/mol. The lowest BCUT2D eigenvalue weighted by molar-refractivity contribution is 0.816. The smallest absolute Gasteiger partial charge is 0.251 e. The molecule has 3 aromatic rings. The first-order valence-electron chi connectivity index (χ1n) is 7.43. The molecule has 0 aliphatic heterocycles. The Balaban J connectivity index is 1.86. The van der Waals surface area contributed by atoms with Gasteiger partial charge in [-0.3, -0.25) is 4.79 Å². The minimum absolute atomic E-state index is 0.131. The van der Waals surface area contributed by atoms with Crippen LogP contribution in [0.3, 0.4) is 0 Å². The Kier molecular flexibility index (Phi) is 4.49. The Morgan fingerprint density at radius 1 is 1.43 bits per heavy atom. The molecule has 0 fully saturated rings. The van der Waals surface area contributed by atoms with Crippen molar-refractivity contribution in [3.05, 3.63) is 63.8 Å². The summed E-state index contributed by atoms with van der Waals surface area (Å²) in [5.74, 6) is 0.586. The van der Waals surface area contributed by atoms with Gasteiger partial charge in [-0.15, -0.1) is 0 Å². The molecule has 3 rings (SSSR count). The van der Waals surface area contributed by atoms with E-state index in [9.17, 15) is 10.1 Å². The first-order chi connectivity index (χ1) is 11.2. The lowest BCUT2D eigenvalue weighted by Gasteiger charge is -2.02. The summed E-state index contributed by atoms with van der Waals surface area (Å²) < 4.78 is 1.94. The molecular formula is C17H16N4OS. The number of rotatable bonds is 5. The predicted molar refractivity (Wildman–Crippen MR) is 90.5 cm³/mol. The van der Waals surface area contributed by atoms with E-state index in [2.05, 4.69) is 23.0 Å². The van der Waals surface area contributed by atoms with Crippen LogP contribution in [-0.2, 0) is 12.2 Å². The molecule has 0 unspecified atom stereocenters. The summed E-state index contributed by atoms with van der Waals surface area (Å²) in [6.07, 6.45) is 5.61. The van der Waals surface area contributed by atoms with Crippen molar-refractivity contribution >= 4 is 17.3 Å². The van der Waals surface area contributed by atoms with E-state index in [1.54, 1.807) is 6.07 Å². The van der Waals surface area contributed by atoms with Gasteiger partial charge >= 0.3 is 0 Å². The molecule has 3 heterocycles. The maximum Gasteiger partial charge on any atom is 0.251 e. The fourth-order valence-electron chi connectivity index (χ4n) is 2.50. The molecule has 0 saturated carbocycles. The number of aromatic amines is 1. The zero-order valence-corrected chi connectivity index (χ0v) is 13.6. The number of nitrogens with one attached hydrogen (secondary N) is 1. The number of pyridine rings is 1. The average Bonchev–Trinajstić information content (AvgIpc) is 2.90. The van der Waals surface area contributed by atoms with E-state index in [1.165, 1.54) is 11.8 Å². The summed E-state index contributed by atoms with van der Waals surface area (Å²) in [6.45, 7) is 2.06. The van der Waals surface area contributed by atoms with Crippen molar-refractivity contribution in [1.29, 1.82) is 5.26 Å². The summed E-state index contributed by atoms with van der Waals surface area (Å²) in [5, 5.41) is 10.0. The standard InChI is InChI=1S/C17H16N4OS/c1-2-5-13-8-16(22)20-17(19-13)23-11-12-10-21-7-4-3-6-15(21)14(12)9-18/h3-4,6-8,10H,2,5,11H2,1H3,(H,19,20,22). The third-order valence-corrected chi connectivity index (χ3v) is 4.44.